The molecule has 0 aliphatic heterocycles. The molecule has 0 atom stereocenters. The number of para-hydroxylation sites is 2. The highest BCUT2D eigenvalue weighted by atomic mass is 16.4. The van der Waals surface area contributed by atoms with E-state index in [4.69, 9.17) is 21.6 Å². The molecule has 24 heavy (non-hydrogen) atoms. The van der Waals surface area contributed by atoms with Crippen molar-refractivity contribution in [2.75, 3.05) is 0 Å². The van der Waals surface area contributed by atoms with E-state index in [0.29, 0.717) is 22.2 Å². The largest absolute Gasteiger partial charge is 0.403 e. The number of benzene rings is 2. The lowest BCUT2D eigenvalue weighted by Gasteiger charge is -2.05. The summed E-state index contributed by atoms with van der Waals surface area (Å²) in [6.07, 6.45) is 0. The molecular weight excluding hydrogens is 308 g/mol. The Morgan fingerprint density at radius 2 is 1.71 bits per heavy atom. The minimum atomic E-state index is -0.480. The van der Waals surface area contributed by atoms with Crippen LogP contribution in [0.15, 0.2) is 67.7 Å². The highest BCUT2D eigenvalue weighted by Crippen LogP contribution is 2.29. The van der Waals surface area contributed by atoms with Gasteiger partial charge in [-0.15, -0.1) is 0 Å². The van der Waals surface area contributed by atoms with Gasteiger partial charge < -0.3 is 21.6 Å². The third-order valence-corrected chi connectivity index (χ3v) is 3.15. The number of fused-ring (bicyclic) bond motifs is 1. The Balaban J connectivity index is 2.18. The number of aromatic nitrogens is 1. The van der Waals surface area contributed by atoms with Gasteiger partial charge in [0, 0.05) is 0 Å². The highest BCUT2D eigenvalue weighted by molar-refractivity contribution is 5.94. The number of nitrogens with two attached hydrogens (primary N) is 3. The Bertz CT molecular complexity index is 1020. The molecule has 2 aromatic carbocycles. The van der Waals surface area contributed by atoms with E-state index in [9.17, 15) is 4.79 Å². The second-order valence-corrected chi connectivity index (χ2v) is 4.85. The molecule has 0 saturated carbocycles. The molecule has 0 unspecified atom stereocenters. The van der Waals surface area contributed by atoms with E-state index in [2.05, 4.69) is 15.0 Å². The van der Waals surface area contributed by atoms with Crippen molar-refractivity contribution in [3.63, 3.8) is 0 Å². The van der Waals surface area contributed by atoms with Crippen LogP contribution in [0.4, 0.5) is 5.69 Å². The average Bonchev–Trinajstić information content (AvgIpc) is 2.54. The summed E-state index contributed by atoms with van der Waals surface area (Å²) in [5.41, 5.74) is 17.2. The van der Waals surface area contributed by atoms with Crippen LogP contribution in [0.3, 0.4) is 0 Å². The summed E-state index contributed by atoms with van der Waals surface area (Å²) in [6.45, 7) is 0. The third kappa shape index (κ3) is 3.07. The molecule has 0 saturated heterocycles. The van der Waals surface area contributed by atoms with Gasteiger partial charge in [-0.3, -0.25) is 0 Å². The molecule has 0 aliphatic rings. The summed E-state index contributed by atoms with van der Waals surface area (Å²) < 4.78 is 5.32. The average molecular weight is 322 g/mol. The fraction of sp³-hybridized carbons (Fsp3) is 0. The first-order valence-corrected chi connectivity index (χ1v) is 6.97. The summed E-state index contributed by atoms with van der Waals surface area (Å²) in [4.78, 5) is 24.3. The lowest BCUT2D eigenvalue weighted by Crippen LogP contribution is -2.26. The molecule has 6 N–H and O–H groups in total. The Morgan fingerprint density at radius 3 is 2.50 bits per heavy atom. The first-order valence-electron chi connectivity index (χ1n) is 6.97. The minimum absolute atomic E-state index is 0.120. The Morgan fingerprint density at radius 1 is 1.00 bits per heavy atom. The van der Waals surface area contributed by atoms with Gasteiger partial charge in [-0.25, -0.2) is 14.8 Å². The predicted octanol–water partition coefficient (Wildman–Crippen LogP) is 1.07. The van der Waals surface area contributed by atoms with Crippen molar-refractivity contribution in [2.24, 2.45) is 27.2 Å². The fourth-order valence-electron chi connectivity index (χ4n) is 2.17. The summed E-state index contributed by atoms with van der Waals surface area (Å²) in [6, 6.07) is 13.8. The van der Waals surface area contributed by atoms with Gasteiger partial charge in [-0.05, 0) is 24.3 Å². The van der Waals surface area contributed by atoms with Crippen molar-refractivity contribution in [2.45, 2.75) is 0 Å². The third-order valence-electron chi connectivity index (χ3n) is 3.15. The monoisotopic (exact) mass is 322 g/mol. The van der Waals surface area contributed by atoms with E-state index in [1.54, 1.807) is 48.5 Å². The number of rotatable bonds is 2. The van der Waals surface area contributed by atoms with Gasteiger partial charge in [0.1, 0.15) is 0 Å². The molecule has 1 aromatic heterocycles. The van der Waals surface area contributed by atoms with Gasteiger partial charge in [0.05, 0.1) is 22.2 Å². The summed E-state index contributed by atoms with van der Waals surface area (Å²) in [5.74, 6) is -0.190. The van der Waals surface area contributed by atoms with Gasteiger partial charge in [-0.2, -0.15) is 4.99 Å². The van der Waals surface area contributed by atoms with Gasteiger partial charge in [0.2, 0.25) is 11.9 Å². The van der Waals surface area contributed by atoms with Crippen LogP contribution in [-0.2, 0) is 0 Å². The predicted molar refractivity (Wildman–Crippen MR) is 92.8 cm³/mol. The van der Waals surface area contributed by atoms with Crippen LogP contribution in [0.1, 0.15) is 0 Å². The van der Waals surface area contributed by atoms with Gasteiger partial charge >= 0.3 is 5.63 Å². The highest BCUT2D eigenvalue weighted by Gasteiger charge is 2.12. The maximum Gasteiger partial charge on any atom is 0.347 e. The summed E-state index contributed by atoms with van der Waals surface area (Å²) in [7, 11) is 0. The second kappa shape index (κ2) is 6.21. The zero-order valence-electron chi connectivity index (χ0n) is 12.5. The van der Waals surface area contributed by atoms with Crippen molar-refractivity contribution in [1.82, 2.24) is 4.98 Å². The van der Waals surface area contributed by atoms with E-state index in [0.717, 1.165) is 0 Å². The first-order chi connectivity index (χ1) is 11.5. The van der Waals surface area contributed by atoms with Crippen LogP contribution in [0.25, 0.3) is 22.4 Å². The van der Waals surface area contributed by atoms with E-state index in [1.165, 1.54) is 0 Å². The Hall–Kier alpha value is -3.68. The second-order valence-electron chi connectivity index (χ2n) is 4.85. The van der Waals surface area contributed by atoms with Crippen LogP contribution in [0.2, 0.25) is 0 Å². The molecule has 120 valence electrons. The molecule has 0 radical (unpaired) electrons. The van der Waals surface area contributed by atoms with E-state index < -0.39 is 5.63 Å². The van der Waals surface area contributed by atoms with E-state index >= 15 is 0 Å². The molecule has 0 fully saturated rings. The molecule has 1 heterocycles. The molecule has 8 heteroatoms. The van der Waals surface area contributed by atoms with Gasteiger partial charge in [0.25, 0.3) is 0 Å². The topological polar surface area (TPSA) is 146 Å². The number of nitrogens with zero attached hydrogens (tertiary/aromatic N) is 3. The maximum atomic E-state index is 12.1. The molecule has 3 aromatic rings. The molecule has 8 nitrogen and oxygen atoms in total. The number of hydrogen-bond donors (Lipinski definition) is 3. The first kappa shape index (κ1) is 15.2. The normalized spacial score (nSPS) is 11.4. The maximum absolute atomic E-state index is 12.1. The lowest BCUT2D eigenvalue weighted by molar-refractivity contribution is 0.518. The van der Waals surface area contributed by atoms with Crippen molar-refractivity contribution in [3.05, 3.63) is 59.0 Å². The van der Waals surface area contributed by atoms with Crippen LogP contribution >= 0.6 is 0 Å². The number of hydrogen-bond acceptors (Lipinski definition) is 4. The van der Waals surface area contributed by atoms with Crippen molar-refractivity contribution < 1.29 is 4.42 Å². The zero-order chi connectivity index (χ0) is 17.1. The molecule has 0 bridgehead atoms. The quantitative estimate of drug-likeness (QED) is 0.475. The van der Waals surface area contributed by atoms with E-state index in [-0.39, 0.29) is 17.8 Å². The van der Waals surface area contributed by atoms with Crippen molar-refractivity contribution in [3.8, 4) is 11.5 Å². The van der Waals surface area contributed by atoms with Gasteiger partial charge in [-0.1, -0.05) is 24.3 Å². The summed E-state index contributed by atoms with van der Waals surface area (Å²) >= 11 is 0. The van der Waals surface area contributed by atoms with E-state index in [1.807, 2.05) is 0 Å². The van der Waals surface area contributed by atoms with Crippen molar-refractivity contribution >= 4 is 28.5 Å². The molecule has 0 amide bonds. The van der Waals surface area contributed by atoms with Crippen LogP contribution in [0, 0.1) is 0 Å². The molecule has 3 rings (SSSR count). The lowest BCUT2D eigenvalue weighted by atomic mass is 10.1. The molecule has 0 aliphatic carbocycles. The standard InChI is InChI=1S/C16H14N6O2/c17-15(18)22-16(19)21-11-7-3-1-5-9(11)13-20-12-8-4-2-6-10(12)14(23)24-13/h1-8H,(H6,17,18,19,21,22). The Labute approximate surface area is 136 Å². The SMILES string of the molecule is NC(N)=NC(N)=Nc1ccccc1-c1nc2ccccc2c(=O)o1. The fourth-order valence-corrected chi connectivity index (χ4v) is 2.17. The molecular formula is C16H14N6O2. The molecule has 0 spiro atoms. The summed E-state index contributed by atoms with van der Waals surface area (Å²) in [5, 5.41) is 0.405. The Kier molecular flexibility index (Phi) is 3.94. The van der Waals surface area contributed by atoms with Crippen LogP contribution in [-0.4, -0.2) is 16.9 Å². The van der Waals surface area contributed by atoms with Crippen LogP contribution in [0.5, 0.6) is 0 Å². The zero-order valence-corrected chi connectivity index (χ0v) is 12.5. The van der Waals surface area contributed by atoms with Crippen molar-refractivity contribution in [1.29, 1.82) is 0 Å². The van der Waals surface area contributed by atoms with Gasteiger partial charge in [0.15, 0.2) is 5.96 Å². The number of guanidine groups is 2. The number of aliphatic imine (C=N–C) groups is 2. The minimum Gasteiger partial charge on any atom is -0.403 e. The smallest absolute Gasteiger partial charge is 0.347 e. The van der Waals surface area contributed by atoms with Crippen LogP contribution < -0.4 is 22.8 Å².